The van der Waals surface area contributed by atoms with Gasteiger partial charge in [0.2, 0.25) is 0 Å². The van der Waals surface area contributed by atoms with Crippen LogP contribution in [0.2, 0.25) is 0 Å². The first-order valence-corrected chi connectivity index (χ1v) is 7.80. The predicted octanol–water partition coefficient (Wildman–Crippen LogP) is 1.55. The van der Waals surface area contributed by atoms with E-state index in [1.54, 1.807) is 19.2 Å². The van der Waals surface area contributed by atoms with Crippen LogP contribution < -0.4 is 5.32 Å². The Bertz CT molecular complexity index is 782. The Balaban J connectivity index is 1.72. The lowest BCUT2D eigenvalue weighted by Crippen LogP contribution is -2.45. The largest absolute Gasteiger partial charge is 0.330 e. The fourth-order valence-corrected chi connectivity index (χ4v) is 3.31. The number of hydrogen-bond donors (Lipinski definition) is 1. The summed E-state index contributed by atoms with van der Waals surface area (Å²) in [7, 11) is 1.65. The normalized spacial score (nSPS) is 23.5. The lowest BCUT2D eigenvalue weighted by Gasteiger charge is -2.31. The van der Waals surface area contributed by atoms with Crippen molar-refractivity contribution in [3.05, 3.63) is 51.2 Å². The molecule has 3 aliphatic rings. The standard InChI is InChI=1S/C16H16N4O4/c1-18-12-8-19(10-6-7-10)15(21)13(12)14(17-16(18)22)9-2-4-11(5-3-9)20(23)24/h2-5,10,14H,6-8H2,1H3,(H,17,22). The van der Waals surface area contributed by atoms with Crippen LogP contribution in [-0.4, -0.2) is 46.3 Å². The average Bonchev–Trinajstić information content (AvgIpc) is 3.35. The summed E-state index contributed by atoms with van der Waals surface area (Å²) >= 11 is 0. The molecule has 1 atom stereocenters. The minimum atomic E-state index is -0.569. The molecule has 1 aromatic rings. The molecule has 0 radical (unpaired) electrons. The molecule has 4 rings (SSSR count). The van der Waals surface area contributed by atoms with Gasteiger partial charge >= 0.3 is 6.03 Å². The summed E-state index contributed by atoms with van der Waals surface area (Å²) in [6, 6.07) is 5.38. The van der Waals surface area contributed by atoms with Gasteiger partial charge in [0.15, 0.2) is 0 Å². The Labute approximate surface area is 137 Å². The van der Waals surface area contributed by atoms with Crippen molar-refractivity contribution in [2.75, 3.05) is 13.6 Å². The molecule has 0 spiro atoms. The van der Waals surface area contributed by atoms with Crippen LogP contribution in [0.25, 0.3) is 0 Å². The van der Waals surface area contributed by atoms with Gasteiger partial charge in [-0.1, -0.05) is 0 Å². The summed E-state index contributed by atoms with van der Waals surface area (Å²) in [6.07, 6.45) is 2.00. The lowest BCUT2D eigenvalue weighted by molar-refractivity contribution is -0.384. The molecule has 124 valence electrons. The van der Waals surface area contributed by atoms with Crippen LogP contribution in [0.3, 0.4) is 0 Å². The maximum absolute atomic E-state index is 12.8. The number of non-ortho nitro benzene ring substituents is 1. The van der Waals surface area contributed by atoms with Gasteiger partial charge in [0, 0.05) is 25.2 Å². The van der Waals surface area contributed by atoms with Crippen molar-refractivity contribution in [2.24, 2.45) is 0 Å². The molecule has 0 bridgehead atoms. The third-order valence-corrected chi connectivity index (χ3v) is 4.81. The Hall–Kier alpha value is -2.90. The Morgan fingerprint density at radius 1 is 1.21 bits per heavy atom. The molecule has 24 heavy (non-hydrogen) atoms. The molecular formula is C16H16N4O4. The maximum Gasteiger partial charge on any atom is 0.322 e. The number of nitrogens with one attached hydrogen (secondary N) is 1. The predicted molar refractivity (Wildman–Crippen MR) is 83.9 cm³/mol. The third-order valence-electron chi connectivity index (χ3n) is 4.81. The second kappa shape index (κ2) is 5.05. The number of likely N-dealkylation sites (N-methyl/N-ethyl adjacent to an activating group) is 1. The van der Waals surface area contributed by atoms with Crippen molar-refractivity contribution >= 4 is 17.6 Å². The van der Waals surface area contributed by atoms with Crippen molar-refractivity contribution in [2.45, 2.75) is 24.9 Å². The minimum absolute atomic E-state index is 0.0236. The van der Waals surface area contributed by atoms with Gasteiger partial charge in [-0.2, -0.15) is 0 Å². The quantitative estimate of drug-likeness (QED) is 0.672. The molecule has 1 saturated carbocycles. The van der Waals surface area contributed by atoms with Crippen molar-refractivity contribution in [3.8, 4) is 0 Å². The number of amides is 3. The van der Waals surface area contributed by atoms with Crippen LogP contribution in [0.15, 0.2) is 35.5 Å². The smallest absolute Gasteiger partial charge is 0.322 e. The molecule has 1 aliphatic carbocycles. The number of urea groups is 1. The fraction of sp³-hybridized carbons (Fsp3) is 0.375. The number of hydrogen-bond acceptors (Lipinski definition) is 4. The van der Waals surface area contributed by atoms with Crippen LogP contribution in [0.5, 0.6) is 0 Å². The Morgan fingerprint density at radius 3 is 2.46 bits per heavy atom. The van der Waals surface area contributed by atoms with Gasteiger partial charge in [0.25, 0.3) is 11.6 Å². The van der Waals surface area contributed by atoms with Crippen LogP contribution >= 0.6 is 0 Å². The van der Waals surface area contributed by atoms with E-state index in [2.05, 4.69) is 5.32 Å². The van der Waals surface area contributed by atoms with Crippen molar-refractivity contribution in [1.29, 1.82) is 0 Å². The highest BCUT2D eigenvalue weighted by atomic mass is 16.6. The number of rotatable bonds is 3. The van der Waals surface area contributed by atoms with Gasteiger partial charge < -0.3 is 10.2 Å². The van der Waals surface area contributed by atoms with Gasteiger partial charge in [0.1, 0.15) is 0 Å². The average molecular weight is 328 g/mol. The first-order valence-electron chi connectivity index (χ1n) is 7.80. The van der Waals surface area contributed by atoms with E-state index in [0.29, 0.717) is 17.7 Å². The fourth-order valence-electron chi connectivity index (χ4n) is 3.31. The number of carbonyl (C=O) groups excluding carboxylic acids is 2. The first-order chi connectivity index (χ1) is 11.5. The first kappa shape index (κ1) is 14.7. The van der Waals surface area contributed by atoms with Crippen molar-refractivity contribution in [1.82, 2.24) is 15.1 Å². The van der Waals surface area contributed by atoms with E-state index in [4.69, 9.17) is 0 Å². The van der Waals surface area contributed by atoms with Gasteiger partial charge in [0.05, 0.1) is 28.8 Å². The van der Waals surface area contributed by atoms with E-state index < -0.39 is 11.0 Å². The zero-order chi connectivity index (χ0) is 17.0. The molecule has 0 aromatic heterocycles. The van der Waals surface area contributed by atoms with Crippen molar-refractivity contribution < 1.29 is 14.5 Å². The van der Waals surface area contributed by atoms with Gasteiger partial charge in [-0.05, 0) is 30.5 Å². The molecule has 2 aliphatic heterocycles. The van der Waals surface area contributed by atoms with Gasteiger partial charge in [-0.15, -0.1) is 0 Å². The SMILES string of the molecule is CN1C(=O)NC(c2ccc([N+](=O)[O-])cc2)C2=C1CN(C1CC1)C2=O. The molecular weight excluding hydrogens is 312 g/mol. The summed E-state index contributed by atoms with van der Waals surface area (Å²) in [5.74, 6) is -0.0531. The number of benzene rings is 1. The molecule has 1 unspecified atom stereocenters. The summed E-state index contributed by atoms with van der Waals surface area (Å²) in [4.78, 5) is 38.7. The van der Waals surface area contributed by atoms with Crippen LogP contribution in [0.4, 0.5) is 10.5 Å². The van der Waals surface area contributed by atoms with E-state index in [0.717, 1.165) is 18.5 Å². The molecule has 1 aromatic carbocycles. The van der Waals surface area contributed by atoms with E-state index in [1.807, 2.05) is 4.90 Å². The lowest BCUT2D eigenvalue weighted by atomic mass is 9.95. The molecule has 8 nitrogen and oxygen atoms in total. The third kappa shape index (κ3) is 2.14. The van der Waals surface area contributed by atoms with E-state index >= 15 is 0 Å². The maximum atomic E-state index is 12.8. The van der Waals surface area contributed by atoms with Crippen LogP contribution in [0.1, 0.15) is 24.4 Å². The zero-order valence-corrected chi connectivity index (χ0v) is 13.1. The van der Waals surface area contributed by atoms with Crippen molar-refractivity contribution in [3.63, 3.8) is 0 Å². The second-order valence-corrected chi connectivity index (χ2v) is 6.31. The highest BCUT2D eigenvalue weighted by Crippen LogP contribution is 2.40. The highest BCUT2D eigenvalue weighted by molar-refractivity contribution is 6.01. The topological polar surface area (TPSA) is 95.8 Å². The summed E-state index contributed by atoms with van der Waals surface area (Å²) in [5, 5.41) is 13.6. The van der Waals surface area contributed by atoms with Gasteiger partial charge in [-0.25, -0.2) is 4.79 Å². The summed E-state index contributed by atoms with van der Waals surface area (Å²) < 4.78 is 0. The Kier molecular flexibility index (Phi) is 3.09. The molecule has 0 saturated heterocycles. The minimum Gasteiger partial charge on any atom is -0.330 e. The number of carbonyl (C=O) groups is 2. The molecule has 1 fully saturated rings. The molecule has 8 heteroatoms. The summed E-state index contributed by atoms with van der Waals surface area (Å²) in [6.45, 7) is 0.451. The summed E-state index contributed by atoms with van der Waals surface area (Å²) in [5.41, 5.74) is 1.93. The van der Waals surface area contributed by atoms with Crippen LogP contribution in [0, 0.1) is 10.1 Å². The molecule has 2 heterocycles. The monoisotopic (exact) mass is 328 g/mol. The second-order valence-electron chi connectivity index (χ2n) is 6.31. The van der Waals surface area contributed by atoms with Crippen LogP contribution in [-0.2, 0) is 4.79 Å². The number of nitro benzene ring substituents is 1. The van der Waals surface area contributed by atoms with E-state index in [-0.39, 0.29) is 23.7 Å². The van der Waals surface area contributed by atoms with E-state index in [1.165, 1.54) is 17.0 Å². The zero-order valence-electron chi connectivity index (χ0n) is 13.1. The molecule has 3 amide bonds. The molecule has 1 N–H and O–H groups in total. The van der Waals surface area contributed by atoms with Gasteiger partial charge in [-0.3, -0.25) is 19.8 Å². The number of nitro groups is 1. The van der Waals surface area contributed by atoms with E-state index in [9.17, 15) is 19.7 Å². The highest BCUT2D eigenvalue weighted by Gasteiger charge is 2.46. The Morgan fingerprint density at radius 2 is 1.88 bits per heavy atom. The number of nitrogens with zero attached hydrogens (tertiary/aromatic N) is 3.